The Morgan fingerprint density at radius 2 is 1.89 bits per heavy atom. The molecular formula is C13H24N2O3S. The zero-order valence-corrected chi connectivity index (χ0v) is 13.2. The average molecular weight is 288 g/mol. The summed E-state index contributed by atoms with van der Waals surface area (Å²) in [6, 6.07) is 0. The smallest absolute Gasteiger partial charge is 0.242 e. The number of hydrogen-bond acceptors (Lipinski definition) is 3. The molecule has 0 saturated carbocycles. The first-order valence-electron chi connectivity index (χ1n) is 6.48. The van der Waals surface area contributed by atoms with Crippen LogP contribution in [0.4, 0.5) is 0 Å². The van der Waals surface area contributed by atoms with Crippen molar-refractivity contribution in [3.05, 3.63) is 0 Å². The molecule has 1 aliphatic heterocycles. The van der Waals surface area contributed by atoms with Gasteiger partial charge in [0.1, 0.15) is 0 Å². The molecule has 1 heterocycles. The number of nitrogens with one attached hydrogen (secondary N) is 1. The molecule has 1 atom stereocenters. The van der Waals surface area contributed by atoms with E-state index in [1.807, 2.05) is 13.8 Å². The lowest BCUT2D eigenvalue weighted by Crippen LogP contribution is -2.54. The van der Waals surface area contributed by atoms with Gasteiger partial charge in [0.25, 0.3) is 0 Å². The van der Waals surface area contributed by atoms with Gasteiger partial charge in [-0.2, -0.15) is 0 Å². The first-order valence-corrected chi connectivity index (χ1v) is 7.80. The van der Waals surface area contributed by atoms with Crippen molar-refractivity contribution in [2.45, 2.75) is 39.4 Å². The first-order chi connectivity index (χ1) is 8.54. The van der Waals surface area contributed by atoms with Crippen molar-refractivity contribution < 1.29 is 13.8 Å². The van der Waals surface area contributed by atoms with Gasteiger partial charge in [0.05, 0.1) is 11.3 Å². The SMILES string of the molecule is CC(C)(C)C(=O)NCC(=O)N1CC[S@@](=O)C(C)(C)C1. The standard InChI is InChI=1S/C13H24N2O3S/c1-12(2,3)11(17)14-8-10(16)15-6-7-19(18)13(4,5)9-15/h6-9H2,1-5H3,(H,14,17)/t19-/m1/s1. The second-order valence-corrected chi connectivity index (χ2v) is 8.76. The molecule has 1 fully saturated rings. The molecular weight excluding hydrogens is 264 g/mol. The Balaban J connectivity index is 2.52. The van der Waals surface area contributed by atoms with Crippen LogP contribution in [0.15, 0.2) is 0 Å². The van der Waals surface area contributed by atoms with Gasteiger partial charge >= 0.3 is 0 Å². The van der Waals surface area contributed by atoms with Crippen LogP contribution < -0.4 is 5.32 Å². The van der Waals surface area contributed by atoms with Crippen molar-refractivity contribution in [3.8, 4) is 0 Å². The predicted octanol–water partition coefficient (Wildman–Crippen LogP) is 0.518. The molecule has 0 aromatic carbocycles. The Bertz CT molecular complexity index is 399. The normalized spacial score (nSPS) is 23.0. The van der Waals surface area contributed by atoms with Gasteiger partial charge in [0.15, 0.2) is 0 Å². The lowest BCUT2D eigenvalue weighted by Gasteiger charge is -2.37. The fraction of sp³-hybridized carbons (Fsp3) is 0.846. The minimum absolute atomic E-state index is 0.0127. The van der Waals surface area contributed by atoms with Gasteiger partial charge in [-0.25, -0.2) is 0 Å². The second-order valence-electron chi connectivity index (χ2n) is 6.56. The van der Waals surface area contributed by atoms with Crippen LogP contribution in [0.2, 0.25) is 0 Å². The zero-order valence-electron chi connectivity index (χ0n) is 12.4. The predicted molar refractivity (Wildman–Crippen MR) is 76.1 cm³/mol. The third-order valence-electron chi connectivity index (χ3n) is 3.17. The molecule has 0 aliphatic carbocycles. The highest BCUT2D eigenvalue weighted by molar-refractivity contribution is 7.86. The molecule has 2 amide bonds. The number of amides is 2. The van der Waals surface area contributed by atoms with Crippen LogP contribution in [0.5, 0.6) is 0 Å². The van der Waals surface area contributed by atoms with Crippen molar-refractivity contribution in [3.63, 3.8) is 0 Å². The molecule has 0 bridgehead atoms. The Morgan fingerprint density at radius 3 is 2.37 bits per heavy atom. The van der Waals surface area contributed by atoms with Gasteiger partial charge in [-0.3, -0.25) is 13.8 Å². The third kappa shape index (κ3) is 4.30. The van der Waals surface area contributed by atoms with Crippen LogP contribution >= 0.6 is 0 Å². The summed E-state index contributed by atoms with van der Waals surface area (Å²) in [6.07, 6.45) is 0. The minimum atomic E-state index is -0.896. The highest BCUT2D eigenvalue weighted by atomic mass is 32.2. The molecule has 19 heavy (non-hydrogen) atoms. The number of carbonyl (C=O) groups excluding carboxylic acids is 2. The van der Waals surface area contributed by atoms with Gasteiger partial charge in [-0.05, 0) is 13.8 Å². The monoisotopic (exact) mass is 288 g/mol. The van der Waals surface area contributed by atoms with Gasteiger partial charge < -0.3 is 10.2 Å². The van der Waals surface area contributed by atoms with Crippen LogP contribution in [0.25, 0.3) is 0 Å². The molecule has 6 heteroatoms. The van der Waals surface area contributed by atoms with E-state index in [1.165, 1.54) is 0 Å². The summed E-state index contributed by atoms with van der Waals surface area (Å²) in [4.78, 5) is 25.4. The Kier molecular flexibility index (Phi) is 4.76. The number of nitrogens with zero attached hydrogens (tertiary/aromatic N) is 1. The van der Waals surface area contributed by atoms with Crippen LogP contribution in [-0.4, -0.2) is 51.1 Å². The molecule has 1 aliphatic rings. The Morgan fingerprint density at radius 1 is 1.32 bits per heavy atom. The molecule has 0 unspecified atom stereocenters. The highest BCUT2D eigenvalue weighted by Gasteiger charge is 2.35. The number of rotatable bonds is 2. The maximum absolute atomic E-state index is 12.0. The topological polar surface area (TPSA) is 66.5 Å². The molecule has 0 radical (unpaired) electrons. The second kappa shape index (κ2) is 5.61. The number of carbonyl (C=O) groups is 2. The van der Waals surface area contributed by atoms with E-state index in [0.29, 0.717) is 18.8 Å². The van der Waals surface area contributed by atoms with Crippen molar-refractivity contribution in [2.75, 3.05) is 25.4 Å². The summed E-state index contributed by atoms with van der Waals surface area (Å²) in [7, 11) is -0.896. The van der Waals surface area contributed by atoms with E-state index in [0.717, 1.165) is 0 Å². The number of hydrogen-bond donors (Lipinski definition) is 1. The molecule has 110 valence electrons. The van der Waals surface area contributed by atoms with E-state index in [1.54, 1.807) is 25.7 Å². The Labute approximate surface area is 117 Å². The van der Waals surface area contributed by atoms with E-state index < -0.39 is 16.2 Å². The summed E-state index contributed by atoms with van der Waals surface area (Å²) < 4.78 is 11.4. The van der Waals surface area contributed by atoms with Gasteiger partial charge in [0, 0.05) is 35.1 Å². The fourth-order valence-corrected chi connectivity index (χ4v) is 3.06. The molecule has 1 saturated heterocycles. The third-order valence-corrected chi connectivity index (χ3v) is 5.08. The first kappa shape index (κ1) is 16.1. The van der Waals surface area contributed by atoms with Crippen molar-refractivity contribution in [1.82, 2.24) is 10.2 Å². The van der Waals surface area contributed by atoms with Gasteiger partial charge in [-0.1, -0.05) is 20.8 Å². The quantitative estimate of drug-likeness (QED) is 0.805. The van der Waals surface area contributed by atoms with E-state index in [2.05, 4.69) is 5.32 Å². The van der Waals surface area contributed by atoms with E-state index >= 15 is 0 Å². The van der Waals surface area contributed by atoms with Crippen molar-refractivity contribution in [1.29, 1.82) is 0 Å². The summed E-state index contributed by atoms with van der Waals surface area (Å²) in [6.45, 7) is 10.2. The van der Waals surface area contributed by atoms with Crippen molar-refractivity contribution >= 4 is 22.6 Å². The molecule has 1 rings (SSSR count). The lowest BCUT2D eigenvalue weighted by atomic mass is 9.96. The van der Waals surface area contributed by atoms with E-state index in [-0.39, 0.29) is 23.1 Å². The molecule has 0 aromatic rings. The van der Waals surface area contributed by atoms with Gasteiger partial charge in [0.2, 0.25) is 11.8 Å². The lowest BCUT2D eigenvalue weighted by molar-refractivity contribution is -0.135. The molecule has 0 spiro atoms. The van der Waals surface area contributed by atoms with E-state index in [9.17, 15) is 13.8 Å². The Hall–Kier alpha value is -0.910. The van der Waals surface area contributed by atoms with E-state index in [4.69, 9.17) is 0 Å². The maximum Gasteiger partial charge on any atom is 0.242 e. The molecule has 1 N–H and O–H groups in total. The van der Waals surface area contributed by atoms with Crippen LogP contribution in [0, 0.1) is 5.41 Å². The summed E-state index contributed by atoms with van der Waals surface area (Å²) in [5, 5.41) is 2.65. The van der Waals surface area contributed by atoms with Crippen LogP contribution in [0.3, 0.4) is 0 Å². The van der Waals surface area contributed by atoms with Gasteiger partial charge in [-0.15, -0.1) is 0 Å². The van der Waals surface area contributed by atoms with Crippen molar-refractivity contribution in [2.24, 2.45) is 5.41 Å². The fourth-order valence-electron chi connectivity index (χ4n) is 1.83. The maximum atomic E-state index is 12.0. The average Bonchev–Trinajstić information content (AvgIpc) is 2.27. The minimum Gasteiger partial charge on any atom is -0.347 e. The summed E-state index contributed by atoms with van der Waals surface area (Å²) >= 11 is 0. The largest absolute Gasteiger partial charge is 0.347 e. The highest BCUT2D eigenvalue weighted by Crippen LogP contribution is 2.20. The molecule has 5 nitrogen and oxygen atoms in total. The summed E-state index contributed by atoms with van der Waals surface area (Å²) in [5.41, 5.74) is -0.497. The zero-order chi connectivity index (χ0) is 14.8. The summed E-state index contributed by atoms with van der Waals surface area (Å²) in [5.74, 6) is 0.259. The van der Waals surface area contributed by atoms with Crippen LogP contribution in [-0.2, 0) is 20.4 Å². The molecule has 0 aromatic heterocycles. The van der Waals surface area contributed by atoms with Crippen LogP contribution in [0.1, 0.15) is 34.6 Å².